The smallest absolute Gasteiger partial charge is 0.258 e. The maximum atomic E-state index is 15.2. The highest BCUT2D eigenvalue weighted by atomic mass is 19.3. The minimum Gasteiger partial charge on any atom is -0.382 e. The minimum atomic E-state index is -2.66. The van der Waals surface area contributed by atoms with Crippen LogP contribution in [0.2, 0.25) is 0 Å². The van der Waals surface area contributed by atoms with Gasteiger partial charge in [0.05, 0.1) is 24.0 Å². The first-order valence-corrected chi connectivity index (χ1v) is 10.2. The fraction of sp³-hybridized carbons (Fsp3) is 0.421. The van der Waals surface area contributed by atoms with Crippen LogP contribution in [0, 0.1) is 5.82 Å². The Bertz CT molecular complexity index is 1340. The number of anilines is 2. The van der Waals surface area contributed by atoms with Crippen molar-refractivity contribution in [2.45, 2.75) is 31.6 Å². The number of nitrogens with one attached hydrogen (secondary N) is 1. The van der Waals surface area contributed by atoms with Crippen molar-refractivity contribution >= 4 is 28.4 Å². The number of nitrogen functional groups attached to an aromatic ring is 1. The number of rotatable bonds is 5. The summed E-state index contributed by atoms with van der Waals surface area (Å²) < 4.78 is 58.0. The zero-order chi connectivity index (χ0) is 23.3. The Morgan fingerprint density at radius 2 is 2.09 bits per heavy atom. The van der Waals surface area contributed by atoms with Crippen LogP contribution in [0.25, 0.3) is 27.9 Å². The van der Waals surface area contributed by atoms with Gasteiger partial charge in [-0.15, -0.1) is 10.2 Å². The first-order valence-electron chi connectivity index (χ1n) is 10.2. The number of hydrogen-bond donors (Lipinski definition) is 2. The molecule has 33 heavy (non-hydrogen) atoms. The van der Waals surface area contributed by atoms with Gasteiger partial charge in [-0.05, 0) is 32.1 Å². The zero-order valence-electron chi connectivity index (χ0n) is 17.5. The van der Waals surface area contributed by atoms with Crippen molar-refractivity contribution in [3.8, 4) is 11.3 Å². The summed E-state index contributed by atoms with van der Waals surface area (Å²) in [6.45, 7) is 0.223. The standard InChI is InChI=1S/C19H20F4N10/c1-31-6-2-5-19(23,9-31)27-18-26-16(24)15-14(10(20)7-32(15)29-18)11-3-4-12-17(25-11)33(30-28-12)8-13(21)22/h3-4,7,13H,2,5-6,8-9H2,1H3,(H3,24,26,27,29). The van der Waals surface area contributed by atoms with Crippen molar-refractivity contribution in [2.75, 3.05) is 31.2 Å². The summed E-state index contributed by atoms with van der Waals surface area (Å²) in [5.74, 6) is -2.63. The summed E-state index contributed by atoms with van der Waals surface area (Å²) in [4.78, 5) is 10.3. The number of alkyl halides is 3. The molecule has 0 aliphatic carbocycles. The van der Waals surface area contributed by atoms with E-state index in [1.54, 1.807) is 0 Å². The van der Waals surface area contributed by atoms with Gasteiger partial charge in [0.1, 0.15) is 17.6 Å². The molecule has 0 bridgehead atoms. The number of fused-ring (bicyclic) bond motifs is 2. The molecule has 0 saturated carbocycles. The number of halogens is 4. The van der Waals surface area contributed by atoms with Crippen LogP contribution < -0.4 is 11.1 Å². The molecule has 5 heterocycles. The third kappa shape index (κ3) is 3.90. The van der Waals surface area contributed by atoms with E-state index >= 15 is 4.39 Å². The van der Waals surface area contributed by atoms with Gasteiger partial charge >= 0.3 is 0 Å². The Hall–Kier alpha value is -3.55. The van der Waals surface area contributed by atoms with Crippen LogP contribution in [0.4, 0.5) is 29.3 Å². The Morgan fingerprint density at radius 1 is 1.27 bits per heavy atom. The molecule has 4 aromatic rings. The van der Waals surface area contributed by atoms with E-state index in [4.69, 9.17) is 5.73 Å². The molecule has 10 nitrogen and oxygen atoms in total. The number of likely N-dealkylation sites (N-methyl/N-ethyl adjacent to an activating group) is 1. The van der Waals surface area contributed by atoms with Crippen LogP contribution in [-0.4, -0.2) is 71.8 Å². The Labute approximate surface area is 184 Å². The normalized spacial score (nSPS) is 19.7. The molecule has 4 aromatic heterocycles. The minimum absolute atomic E-state index is 0.0156. The van der Waals surface area contributed by atoms with Crippen LogP contribution in [0.5, 0.6) is 0 Å². The number of likely N-dealkylation sites (tertiary alicyclic amines) is 1. The van der Waals surface area contributed by atoms with E-state index in [1.165, 1.54) is 12.1 Å². The van der Waals surface area contributed by atoms with Gasteiger partial charge in [-0.3, -0.25) is 0 Å². The Morgan fingerprint density at radius 3 is 2.85 bits per heavy atom. The SMILES string of the molecule is CN1CCCC(F)(Nc2nc(N)c3c(-c4ccc5nnn(CC(F)F)c5n4)c(F)cn3n2)C1. The number of aromatic nitrogens is 7. The Kier molecular flexibility index (Phi) is 5.03. The first-order chi connectivity index (χ1) is 15.7. The number of hydrogen-bond acceptors (Lipinski definition) is 8. The molecule has 14 heteroatoms. The molecule has 1 aliphatic heterocycles. The molecule has 0 spiro atoms. The molecule has 0 amide bonds. The molecule has 1 unspecified atom stereocenters. The average Bonchev–Trinajstić information content (AvgIpc) is 3.27. The lowest BCUT2D eigenvalue weighted by molar-refractivity contribution is 0.0829. The Balaban J connectivity index is 1.55. The lowest BCUT2D eigenvalue weighted by Crippen LogP contribution is -2.48. The van der Waals surface area contributed by atoms with E-state index in [0.29, 0.717) is 6.42 Å². The molecule has 1 atom stereocenters. The third-order valence-corrected chi connectivity index (χ3v) is 5.51. The molecule has 1 saturated heterocycles. The van der Waals surface area contributed by atoms with E-state index in [-0.39, 0.29) is 52.7 Å². The van der Waals surface area contributed by atoms with Crippen LogP contribution in [0.3, 0.4) is 0 Å². The van der Waals surface area contributed by atoms with E-state index < -0.39 is 24.6 Å². The van der Waals surface area contributed by atoms with E-state index in [1.807, 2.05) is 11.9 Å². The largest absolute Gasteiger partial charge is 0.382 e. The van der Waals surface area contributed by atoms with Gasteiger partial charge in [0.2, 0.25) is 5.95 Å². The first kappa shape index (κ1) is 21.3. The molecular weight excluding hydrogens is 444 g/mol. The van der Waals surface area contributed by atoms with Crippen molar-refractivity contribution in [1.82, 2.24) is 39.5 Å². The van der Waals surface area contributed by atoms with E-state index in [9.17, 15) is 13.2 Å². The lowest BCUT2D eigenvalue weighted by atomic mass is 10.0. The number of nitrogens with two attached hydrogens (primary N) is 1. The van der Waals surface area contributed by atoms with Gasteiger partial charge < -0.3 is 16.0 Å². The number of pyridine rings is 1. The van der Waals surface area contributed by atoms with Gasteiger partial charge in [0.15, 0.2) is 23.1 Å². The van der Waals surface area contributed by atoms with Crippen molar-refractivity contribution in [1.29, 1.82) is 0 Å². The van der Waals surface area contributed by atoms with Gasteiger partial charge in [-0.25, -0.2) is 31.7 Å². The molecule has 3 N–H and O–H groups in total. The highest BCUT2D eigenvalue weighted by molar-refractivity contribution is 5.88. The van der Waals surface area contributed by atoms with E-state index in [0.717, 1.165) is 21.9 Å². The summed E-state index contributed by atoms with van der Waals surface area (Å²) in [6.07, 6.45) is -0.656. The zero-order valence-corrected chi connectivity index (χ0v) is 17.5. The van der Waals surface area contributed by atoms with Crippen molar-refractivity contribution in [3.63, 3.8) is 0 Å². The number of piperidine rings is 1. The van der Waals surface area contributed by atoms with Crippen molar-refractivity contribution in [3.05, 3.63) is 24.1 Å². The van der Waals surface area contributed by atoms with Gasteiger partial charge in [0, 0.05) is 6.42 Å². The van der Waals surface area contributed by atoms with Gasteiger partial charge in [0.25, 0.3) is 6.43 Å². The number of nitrogens with zero attached hydrogens (tertiary/aromatic N) is 8. The van der Waals surface area contributed by atoms with Crippen molar-refractivity contribution < 1.29 is 17.6 Å². The molecule has 1 aliphatic rings. The second-order valence-electron chi connectivity index (χ2n) is 8.10. The molecule has 5 rings (SSSR count). The predicted octanol–water partition coefficient (Wildman–Crippen LogP) is 2.33. The second kappa shape index (κ2) is 7.79. The summed E-state index contributed by atoms with van der Waals surface area (Å²) in [6, 6.07) is 2.97. The predicted molar refractivity (Wildman–Crippen MR) is 112 cm³/mol. The topological polar surface area (TPSA) is 115 Å². The fourth-order valence-corrected chi connectivity index (χ4v) is 4.14. The maximum absolute atomic E-state index is 15.2. The van der Waals surface area contributed by atoms with Gasteiger partial charge in [-0.1, -0.05) is 5.21 Å². The van der Waals surface area contributed by atoms with Crippen molar-refractivity contribution in [2.24, 2.45) is 0 Å². The molecule has 0 radical (unpaired) electrons. The summed E-state index contributed by atoms with van der Waals surface area (Å²) >= 11 is 0. The highest BCUT2D eigenvalue weighted by Crippen LogP contribution is 2.33. The summed E-state index contributed by atoms with van der Waals surface area (Å²) in [5.41, 5.74) is 6.68. The van der Waals surface area contributed by atoms with Crippen LogP contribution >= 0.6 is 0 Å². The molecule has 1 fully saturated rings. The van der Waals surface area contributed by atoms with Crippen LogP contribution in [-0.2, 0) is 6.54 Å². The van der Waals surface area contributed by atoms with Crippen LogP contribution in [0.15, 0.2) is 18.3 Å². The van der Waals surface area contributed by atoms with Gasteiger partial charge in [-0.2, -0.15) is 4.98 Å². The molecule has 174 valence electrons. The fourth-order valence-electron chi connectivity index (χ4n) is 4.14. The van der Waals surface area contributed by atoms with Crippen LogP contribution in [0.1, 0.15) is 12.8 Å². The molecular formula is C19H20F4N10. The lowest BCUT2D eigenvalue weighted by Gasteiger charge is -2.35. The average molecular weight is 464 g/mol. The monoisotopic (exact) mass is 464 g/mol. The highest BCUT2D eigenvalue weighted by Gasteiger charge is 2.35. The maximum Gasteiger partial charge on any atom is 0.258 e. The third-order valence-electron chi connectivity index (χ3n) is 5.51. The summed E-state index contributed by atoms with van der Waals surface area (Å²) in [7, 11) is 1.81. The molecule has 0 aromatic carbocycles. The summed E-state index contributed by atoms with van der Waals surface area (Å²) in [5, 5.41) is 14.3. The van der Waals surface area contributed by atoms with E-state index in [2.05, 4.69) is 30.7 Å². The quantitative estimate of drug-likeness (QED) is 0.342. The second-order valence-corrected chi connectivity index (χ2v) is 8.10.